The molecule has 1 saturated heterocycles. The molecule has 1 heterocycles. The van der Waals surface area contributed by atoms with Gasteiger partial charge in [0, 0.05) is 60.9 Å². The van der Waals surface area contributed by atoms with Crippen LogP contribution >= 0.6 is 0 Å². The Bertz CT molecular complexity index is 2290. The molecule has 0 aromatic heterocycles. The van der Waals surface area contributed by atoms with Crippen LogP contribution in [0.2, 0.25) is 0 Å². The van der Waals surface area contributed by atoms with Crippen molar-refractivity contribution in [1.29, 1.82) is 0 Å². The minimum Gasteiger partial charge on any atom is -0.461 e. The van der Waals surface area contributed by atoms with Gasteiger partial charge in [0.2, 0.25) is 23.6 Å². The number of carbonyl (C=O) groups excluding carboxylic acids is 11. The van der Waals surface area contributed by atoms with Crippen molar-refractivity contribution in [3.8, 4) is 0 Å². The Balaban J connectivity index is 2.99. The van der Waals surface area contributed by atoms with Crippen molar-refractivity contribution in [2.24, 2.45) is 23.7 Å². The number of hydrogen-bond acceptors (Lipinski definition) is 16. The highest BCUT2D eigenvalue weighted by atomic mass is 16.6. The van der Waals surface area contributed by atoms with Crippen molar-refractivity contribution in [3.63, 3.8) is 0 Å². The summed E-state index contributed by atoms with van der Waals surface area (Å²) < 4.78 is 29.7. The number of amides is 6. The molecular formula is C56H86N6O16. The number of hydrogen-bond donors (Lipinski definition) is 3. The highest BCUT2D eigenvalue weighted by Crippen LogP contribution is 2.28. The normalized spacial score (nSPS) is 23.5. The van der Waals surface area contributed by atoms with Crippen LogP contribution in [0, 0.1) is 23.7 Å². The fourth-order valence-electron chi connectivity index (χ4n) is 8.68. The summed E-state index contributed by atoms with van der Waals surface area (Å²) in [5, 5.41) is 7.60. The first kappa shape index (κ1) is 67.4. The quantitative estimate of drug-likeness (QED) is 0.0728. The summed E-state index contributed by atoms with van der Waals surface area (Å²) in [6.45, 7) is 22.3. The van der Waals surface area contributed by atoms with Gasteiger partial charge in [-0.15, -0.1) is 0 Å². The number of Topliss-reactive ketones (excluding diaryl/α,β-unsaturated/α-hetero) is 1. The van der Waals surface area contributed by atoms with Crippen molar-refractivity contribution in [2.45, 2.75) is 189 Å². The van der Waals surface area contributed by atoms with Crippen molar-refractivity contribution in [2.75, 3.05) is 28.3 Å². The average Bonchev–Trinajstić information content (AvgIpc) is 3.39. The Hall–Kier alpha value is -6.71. The first-order valence-electron chi connectivity index (χ1n) is 26.7. The van der Waals surface area contributed by atoms with Crippen molar-refractivity contribution in [3.05, 3.63) is 48.2 Å². The molecule has 3 N–H and O–H groups in total. The van der Waals surface area contributed by atoms with Gasteiger partial charge < -0.3 is 54.3 Å². The van der Waals surface area contributed by atoms with Crippen LogP contribution in [-0.4, -0.2) is 169 Å². The zero-order valence-electron chi connectivity index (χ0n) is 48.5. The maximum Gasteiger partial charge on any atom is 0.333 e. The zero-order valence-corrected chi connectivity index (χ0v) is 48.5. The topological polar surface area (TPSA) is 280 Å². The van der Waals surface area contributed by atoms with E-state index in [0.29, 0.717) is 12.0 Å². The molecule has 11 atom stereocenters. The van der Waals surface area contributed by atoms with Crippen molar-refractivity contribution >= 4 is 65.1 Å². The lowest BCUT2D eigenvalue weighted by atomic mass is 9.88. The van der Waals surface area contributed by atoms with Gasteiger partial charge in [0.05, 0.1) is 6.10 Å². The number of carbonyl (C=O) groups is 11. The first-order valence-corrected chi connectivity index (χ1v) is 26.7. The minimum absolute atomic E-state index is 0.0286. The average molecular weight is 1100 g/mol. The molecule has 78 heavy (non-hydrogen) atoms. The number of rotatable bonds is 20. The van der Waals surface area contributed by atoms with E-state index in [1.165, 1.54) is 49.0 Å². The van der Waals surface area contributed by atoms with Crippen molar-refractivity contribution in [1.82, 2.24) is 30.7 Å². The molecule has 1 aromatic rings. The number of methoxy groups -OCH3 is 1. The second-order valence-corrected chi connectivity index (χ2v) is 20.9. The standard InChI is InChI=1S/C56H86N6O16/c1-18-20-22-27-42(65)76-46(30(3)4)40(29-39(64)19-2)54(71)77-47(31(5)6)43-53(70)62(16)45(36(12)74-17)56(73)78-48(32(7)8)44(58-37(13)63)55(72)75-41(28-38-25-23-21-24-26-38)52(69)61(15)34(10)49(66)57-33(9)51(68)60(14)35(11)50(67)59-43/h21,23-26,30-33,35-36,40-41,43-48H,10,18-20,22,27-29H2,1-9,11-17H3,(H,57,66)(H,58,63)(H,59,67)/t33-,35-,36+,40-,41+,43-,44-,45-,46+,47+,48+/m0/s1. The van der Waals surface area contributed by atoms with Crippen molar-refractivity contribution < 1.29 is 76.4 Å². The number of ketones is 1. The summed E-state index contributed by atoms with van der Waals surface area (Å²) >= 11 is 0. The van der Waals surface area contributed by atoms with Gasteiger partial charge in [0.1, 0.15) is 53.8 Å². The molecule has 22 heteroatoms. The molecule has 0 unspecified atom stereocenters. The van der Waals surface area contributed by atoms with E-state index in [4.69, 9.17) is 23.7 Å². The van der Waals surface area contributed by atoms with Gasteiger partial charge in [-0.1, -0.05) is 105 Å². The summed E-state index contributed by atoms with van der Waals surface area (Å²) in [5.41, 5.74) is 0.0551. The molecular weight excluding hydrogens is 1010 g/mol. The summed E-state index contributed by atoms with van der Waals surface area (Å²) in [5.74, 6) is -13.3. The van der Waals surface area contributed by atoms with Gasteiger partial charge in [0.15, 0.2) is 18.2 Å². The predicted octanol–water partition coefficient (Wildman–Crippen LogP) is 3.60. The summed E-state index contributed by atoms with van der Waals surface area (Å²) in [6, 6.07) is 0.282. The number of cyclic esters (lactones) is 2. The van der Waals surface area contributed by atoms with Crippen LogP contribution in [0.3, 0.4) is 0 Å². The number of nitrogens with zero attached hydrogens (tertiary/aromatic N) is 3. The highest BCUT2D eigenvalue weighted by Gasteiger charge is 2.47. The van der Waals surface area contributed by atoms with Gasteiger partial charge in [-0.25, -0.2) is 9.59 Å². The Kier molecular flexibility index (Phi) is 27.3. The Morgan fingerprint density at radius 3 is 1.92 bits per heavy atom. The number of esters is 4. The summed E-state index contributed by atoms with van der Waals surface area (Å²) in [4.78, 5) is 158. The number of likely N-dealkylation sites (N-methyl/N-ethyl adjacent to an activating group) is 3. The molecule has 1 aromatic carbocycles. The van der Waals surface area contributed by atoms with Crippen LogP contribution in [0.5, 0.6) is 0 Å². The van der Waals surface area contributed by atoms with Gasteiger partial charge in [0.25, 0.3) is 11.8 Å². The smallest absolute Gasteiger partial charge is 0.333 e. The van der Waals surface area contributed by atoms with E-state index in [2.05, 4.69) is 22.5 Å². The highest BCUT2D eigenvalue weighted by molar-refractivity contribution is 6.01. The van der Waals surface area contributed by atoms with E-state index in [0.717, 1.165) is 34.5 Å². The molecule has 436 valence electrons. The first-order chi connectivity index (χ1) is 36.4. The van der Waals surface area contributed by atoms with E-state index in [-0.39, 0.29) is 25.0 Å². The number of unbranched alkanes of at least 4 members (excludes halogenated alkanes) is 2. The SMILES string of the molecule is C=C1C(=O)N[C@@H](C)C(=O)N(C)[C@@H](C)C(=O)N[C@@H]([C@H](OC(=O)[C@@H](CC(=O)CC)[C@H](OC(=O)CCCCC)C(C)C)C(C)C)C(=O)N(C)[C@@H]([C@@H](C)OC)C(=O)O[C@H](C(C)C)[C@H](NC(C)=O)C(=O)O[C@H](Cc2ccccc2)C(=O)N1C. The van der Waals surface area contributed by atoms with Gasteiger partial charge >= 0.3 is 23.9 Å². The molecule has 0 bridgehead atoms. The van der Waals surface area contributed by atoms with Crippen LogP contribution in [0.25, 0.3) is 0 Å². The molecule has 22 nitrogen and oxygen atoms in total. The Morgan fingerprint density at radius 2 is 1.40 bits per heavy atom. The molecule has 0 saturated carbocycles. The van der Waals surface area contributed by atoms with E-state index in [1.54, 1.807) is 78.8 Å². The zero-order chi connectivity index (χ0) is 59.5. The molecule has 0 radical (unpaired) electrons. The molecule has 1 aliphatic rings. The number of ether oxygens (including phenoxy) is 5. The van der Waals surface area contributed by atoms with Crippen LogP contribution in [-0.2, 0) is 82.8 Å². The fourth-order valence-corrected chi connectivity index (χ4v) is 8.68. The summed E-state index contributed by atoms with van der Waals surface area (Å²) in [7, 11) is 4.92. The third-order valence-electron chi connectivity index (χ3n) is 13.7. The molecule has 2 rings (SSSR count). The van der Waals surface area contributed by atoms with Crippen LogP contribution in [0.15, 0.2) is 42.6 Å². The van der Waals surface area contributed by atoms with E-state index in [1.807, 2.05) is 6.92 Å². The number of benzene rings is 1. The molecule has 6 amide bonds. The van der Waals surface area contributed by atoms with E-state index >= 15 is 4.79 Å². The van der Waals surface area contributed by atoms with E-state index in [9.17, 15) is 47.9 Å². The Morgan fingerprint density at radius 1 is 0.782 bits per heavy atom. The maximum atomic E-state index is 15.4. The lowest BCUT2D eigenvalue weighted by Gasteiger charge is -2.39. The largest absolute Gasteiger partial charge is 0.461 e. The van der Waals surface area contributed by atoms with Crippen LogP contribution < -0.4 is 16.0 Å². The molecule has 1 aliphatic heterocycles. The monoisotopic (exact) mass is 1100 g/mol. The lowest BCUT2D eigenvalue weighted by Crippen LogP contribution is -2.63. The van der Waals surface area contributed by atoms with Gasteiger partial charge in [-0.3, -0.25) is 43.2 Å². The van der Waals surface area contributed by atoms with Gasteiger partial charge in [-0.05, 0) is 50.5 Å². The summed E-state index contributed by atoms with van der Waals surface area (Å²) in [6.07, 6.45) is -5.60. The lowest BCUT2D eigenvalue weighted by molar-refractivity contribution is -0.178. The van der Waals surface area contributed by atoms with Crippen LogP contribution in [0.1, 0.15) is 127 Å². The maximum absolute atomic E-state index is 15.4. The fraction of sp³-hybridized carbons (Fsp3) is 0.661. The predicted molar refractivity (Wildman–Crippen MR) is 286 cm³/mol. The Labute approximate surface area is 459 Å². The van der Waals surface area contributed by atoms with Gasteiger partial charge in [-0.2, -0.15) is 0 Å². The second kappa shape index (κ2) is 31.6. The third kappa shape index (κ3) is 19.0. The van der Waals surface area contributed by atoms with Crippen LogP contribution in [0.4, 0.5) is 0 Å². The van der Waals surface area contributed by atoms with E-state index < -0.39 is 156 Å². The third-order valence-corrected chi connectivity index (χ3v) is 13.7. The minimum atomic E-state index is -1.87. The number of nitrogens with one attached hydrogen (secondary N) is 3. The molecule has 0 aliphatic carbocycles. The second-order valence-electron chi connectivity index (χ2n) is 20.9. The molecule has 0 spiro atoms. The molecule has 1 fully saturated rings.